The fraction of sp³-hybridized carbons (Fsp3) is 0.286. The number of nitrogens with zero attached hydrogens (tertiary/aromatic N) is 2. The maximum Gasteiger partial charge on any atom is 0.283 e. The number of fused-ring (bicyclic) bond motifs is 1. The topological polar surface area (TPSA) is 82.5 Å². The van der Waals surface area contributed by atoms with E-state index in [4.69, 9.17) is 9.47 Å². The monoisotopic (exact) mass is 413 g/mol. The van der Waals surface area contributed by atoms with Gasteiger partial charge >= 0.3 is 0 Å². The van der Waals surface area contributed by atoms with Gasteiger partial charge in [-0.15, -0.1) is 0 Å². The van der Waals surface area contributed by atoms with Crippen LogP contribution in [0.3, 0.4) is 0 Å². The van der Waals surface area contributed by atoms with Crippen molar-refractivity contribution in [2.75, 3.05) is 19.5 Å². The van der Waals surface area contributed by atoms with Crippen molar-refractivity contribution in [2.24, 2.45) is 7.05 Å². The Labute approximate surface area is 173 Å². The molecule has 8 heteroatoms. The molecule has 0 saturated carbocycles. The maximum absolute atomic E-state index is 12.5. The van der Waals surface area contributed by atoms with Crippen molar-refractivity contribution >= 4 is 28.7 Å². The summed E-state index contributed by atoms with van der Waals surface area (Å²) in [6.45, 7) is 2.81. The zero-order chi connectivity index (χ0) is 20.8. The summed E-state index contributed by atoms with van der Waals surface area (Å²) in [4.78, 5) is 29.1. The van der Waals surface area contributed by atoms with Gasteiger partial charge < -0.3 is 19.4 Å². The van der Waals surface area contributed by atoms with Crippen molar-refractivity contribution < 1.29 is 14.3 Å². The van der Waals surface area contributed by atoms with Gasteiger partial charge in [0.25, 0.3) is 5.56 Å². The molecule has 0 unspecified atom stereocenters. The average Bonchev–Trinajstić information content (AvgIpc) is 2.74. The Morgan fingerprint density at radius 2 is 2.00 bits per heavy atom. The number of hydrogen-bond acceptors (Lipinski definition) is 6. The number of carbonyl (C=O) groups excluding carboxylic acids is 1. The first kappa shape index (κ1) is 20.7. The van der Waals surface area contributed by atoms with E-state index in [1.54, 1.807) is 18.7 Å². The van der Waals surface area contributed by atoms with Crippen molar-refractivity contribution in [3.05, 3.63) is 58.4 Å². The van der Waals surface area contributed by atoms with Crippen LogP contribution in [0, 0.1) is 0 Å². The molecule has 7 nitrogen and oxygen atoms in total. The van der Waals surface area contributed by atoms with Gasteiger partial charge in [-0.1, -0.05) is 30.0 Å². The third-order valence-electron chi connectivity index (χ3n) is 4.31. The molecular weight excluding hydrogens is 390 g/mol. The van der Waals surface area contributed by atoms with E-state index >= 15 is 0 Å². The van der Waals surface area contributed by atoms with Crippen LogP contribution in [0.25, 0.3) is 11.0 Å². The highest BCUT2D eigenvalue weighted by Gasteiger charge is 2.12. The van der Waals surface area contributed by atoms with Crippen LogP contribution >= 0.6 is 11.8 Å². The predicted molar refractivity (Wildman–Crippen MR) is 114 cm³/mol. The van der Waals surface area contributed by atoms with Gasteiger partial charge in [-0.2, -0.15) is 0 Å². The summed E-state index contributed by atoms with van der Waals surface area (Å²) < 4.78 is 12.4. The van der Waals surface area contributed by atoms with Crippen molar-refractivity contribution in [3.63, 3.8) is 0 Å². The van der Waals surface area contributed by atoms with E-state index in [1.165, 1.54) is 0 Å². The Bertz CT molecular complexity index is 1080. The highest BCUT2D eigenvalue weighted by atomic mass is 32.2. The molecule has 0 atom stereocenters. The molecule has 152 valence electrons. The van der Waals surface area contributed by atoms with E-state index in [9.17, 15) is 9.59 Å². The van der Waals surface area contributed by atoms with Crippen LogP contribution in [0.4, 0.5) is 0 Å². The lowest BCUT2D eigenvalue weighted by atomic mass is 10.2. The van der Waals surface area contributed by atoms with Gasteiger partial charge in [-0.25, -0.2) is 4.98 Å². The van der Waals surface area contributed by atoms with Crippen LogP contribution < -0.4 is 20.3 Å². The minimum atomic E-state index is -0.210. The molecule has 0 aliphatic heterocycles. The number of amides is 1. The number of ether oxygens (including phenoxy) is 2. The second-order valence-corrected chi connectivity index (χ2v) is 7.22. The highest BCUT2D eigenvalue weighted by molar-refractivity contribution is 7.99. The van der Waals surface area contributed by atoms with Gasteiger partial charge in [0.1, 0.15) is 0 Å². The lowest BCUT2D eigenvalue weighted by Crippen LogP contribution is -2.26. The first-order chi connectivity index (χ1) is 14.0. The quantitative estimate of drug-likeness (QED) is 0.572. The molecule has 2 aromatic carbocycles. The molecule has 29 heavy (non-hydrogen) atoms. The van der Waals surface area contributed by atoms with Crippen molar-refractivity contribution in [3.8, 4) is 11.5 Å². The first-order valence-corrected chi connectivity index (χ1v) is 10.2. The molecule has 1 heterocycles. The fourth-order valence-corrected chi connectivity index (χ4v) is 3.62. The zero-order valence-corrected chi connectivity index (χ0v) is 17.4. The van der Waals surface area contributed by atoms with E-state index in [0.29, 0.717) is 29.7 Å². The van der Waals surface area contributed by atoms with Gasteiger partial charge in [0.15, 0.2) is 16.5 Å². The third-order valence-corrected chi connectivity index (χ3v) is 5.26. The smallest absolute Gasteiger partial charge is 0.283 e. The van der Waals surface area contributed by atoms with Crippen LogP contribution in [0.2, 0.25) is 0 Å². The minimum Gasteiger partial charge on any atom is -0.493 e. The summed E-state index contributed by atoms with van der Waals surface area (Å²) >= 11 is 1.13. The van der Waals surface area contributed by atoms with Crippen molar-refractivity contribution in [2.45, 2.75) is 18.5 Å². The molecule has 1 aromatic heterocycles. The van der Waals surface area contributed by atoms with Crippen LogP contribution in [-0.2, 0) is 18.4 Å². The summed E-state index contributed by atoms with van der Waals surface area (Å²) in [5.74, 6) is 1.21. The van der Waals surface area contributed by atoms with Crippen LogP contribution in [0.15, 0.2) is 52.3 Å². The molecule has 0 aliphatic rings. The first-order valence-electron chi connectivity index (χ1n) is 9.18. The van der Waals surface area contributed by atoms with Crippen molar-refractivity contribution in [1.29, 1.82) is 0 Å². The van der Waals surface area contributed by atoms with Crippen LogP contribution in [0.5, 0.6) is 11.5 Å². The predicted octanol–water partition coefficient (Wildman–Crippen LogP) is 2.75. The fourth-order valence-electron chi connectivity index (χ4n) is 2.83. The summed E-state index contributed by atoms with van der Waals surface area (Å²) in [6.07, 6.45) is 0. The summed E-state index contributed by atoms with van der Waals surface area (Å²) in [7, 11) is 3.28. The standard InChI is InChI=1S/C21H23N3O4S/c1-4-28-17-10-9-14(11-18(17)27-3)12-22-19(25)13-29-20-21(26)24(2)16-8-6-5-7-15(16)23-20/h5-11H,4,12-13H2,1-3H3,(H,22,25). The lowest BCUT2D eigenvalue weighted by Gasteiger charge is -2.11. The second-order valence-electron chi connectivity index (χ2n) is 6.25. The summed E-state index contributed by atoms with van der Waals surface area (Å²) in [5, 5.41) is 3.16. The maximum atomic E-state index is 12.5. The normalized spacial score (nSPS) is 10.7. The number of benzene rings is 2. The minimum absolute atomic E-state index is 0.106. The van der Waals surface area contributed by atoms with Gasteiger partial charge in [-0.3, -0.25) is 9.59 Å². The molecule has 0 radical (unpaired) electrons. The number of thioether (sulfide) groups is 1. The van der Waals surface area contributed by atoms with Gasteiger partial charge in [-0.05, 0) is 36.8 Å². The van der Waals surface area contributed by atoms with Crippen LogP contribution in [-0.4, -0.2) is 34.9 Å². The molecule has 0 bridgehead atoms. The largest absolute Gasteiger partial charge is 0.493 e. The molecule has 0 fully saturated rings. The second kappa shape index (κ2) is 9.47. The number of rotatable bonds is 8. The number of methoxy groups -OCH3 is 1. The Kier molecular flexibility index (Phi) is 6.77. The van der Waals surface area contributed by atoms with E-state index < -0.39 is 0 Å². The molecule has 1 amide bonds. The van der Waals surface area contributed by atoms with E-state index in [2.05, 4.69) is 10.3 Å². The number of para-hydroxylation sites is 2. The Morgan fingerprint density at radius 3 is 2.76 bits per heavy atom. The Hall–Kier alpha value is -3.00. The molecule has 0 spiro atoms. The molecule has 3 aromatic rings. The number of nitrogens with one attached hydrogen (secondary N) is 1. The highest BCUT2D eigenvalue weighted by Crippen LogP contribution is 2.28. The molecule has 0 aliphatic carbocycles. The molecule has 1 N–H and O–H groups in total. The van der Waals surface area contributed by atoms with E-state index in [1.807, 2.05) is 49.4 Å². The Balaban J connectivity index is 1.61. The number of aromatic nitrogens is 2. The molecule has 0 saturated heterocycles. The molecule has 3 rings (SSSR count). The van der Waals surface area contributed by atoms with Gasteiger partial charge in [0, 0.05) is 13.6 Å². The van der Waals surface area contributed by atoms with Gasteiger partial charge in [0.2, 0.25) is 5.91 Å². The number of hydrogen-bond donors (Lipinski definition) is 1. The zero-order valence-electron chi connectivity index (χ0n) is 16.6. The lowest BCUT2D eigenvalue weighted by molar-refractivity contribution is -0.118. The average molecular weight is 413 g/mol. The molecular formula is C21H23N3O4S. The van der Waals surface area contributed by atoms with Crippen molar-refractivity contribution in [1.82, 2.24) is 14.9 Å². The summed E-state index contributed by atoms with van der Waals surface area (Å²) in [6, 6.07) is 12.9. The SMILES string of the molecule is CCOc1ccc(CNC(=O)CSc2nc3ccccc3n(C)c2=O)cc1OC. The van der Waals surface area contributed by atoms with Gasteiger partial charge in [0.05, 0.1) is 30.5 Å². The van der Waals surface area contributed by atoms with Crippen LogP contribution in [0.1, 0.15) is 12.5 Å². The third kappa shape index (κ3) is 4.89. The van der Waals surface area contributed by atoms with E-state index in [-0.39, 0.29) is 17.2 Å². The number of aryl methyl sites for hydroxylation is 1. The summed E-state index contributed by atoms with van der Waals surface area (Å²) in [5.41, 5.74) is 2.16. The Morgan fingerprint density at radius 1 is 1.21 bits per heavy atom. The number of carbonyl (C=O) groups is 1. The van der Waals surface area contributed by atoms with E-state index in [0.717, 1.165) is 28.4 Å².